The molecule has 2 atom stereocenters. The van der Waals surface area contributed by atoms with Crippen LogP contribution in [0.5, 0.6) is 5.75 Å². The maximum atomic E-state index is 13.4. The Bertz CT molecular complexity index is 814. The summed E-state index contributed by atoms with van der Waals surface area (Å²) in [7, 11) is 1.75. The number of aryl methyl sites for hydroxylation is 1. The maximum Gasteiger partial charge on any atom is 0.254 e. The van der Waals surface area contributed by atoms with Crippen molar-refractivity contribution in [3.63, 3.8) is 0 Å². The van der Waals surface area contributed by atoms with Gasteiger partial charge in [-0.2, -0.15) is 10.4 Å². The molecule has 2 aromatic rings. The van der Waals surface area contributed by atoms with Crippen molar-refractivity contribution < 1.29 is 19.0 Å². The van der Waals surface area contributed by atoms with Gasteiger partial charge in [0.05, 0.1) is 31.0 Å². The van der Waals surface area contributed by atoms with E-state index >= 15 is 0 Å². The zero-order valence-corrected chi connectivity index (χ0v) is 12.9. The van der Waals surface area contributed by atoms with Crippen LogP contribution in [0.4, 0.5) is 4.39 Å². The Kier molecular flexibility index (Phi) is 4.18. The molecule has 2 heterocycles. The van der Waals surface area contributed by atoms with Crippen LogP contribution in [0.2, 0.25) is 0 Å². The van der Waals surface area contributed by atoms with Crippen molar-refractivity contribution in [3.05, 3.63) is 47.5 Å². The highest BCUT2D eigenvalue weighted by Crippen LogP contribution is 2.20. The third-order valence-electron chi connectivity index (χ3n) is 3.83. The number of aliphatic hydroxyl groups is 1. The number of hydrogen-bond acceptors (Lipinski definition) is 5. The van der Waals surface area contributed by atoms with Gasteiger partial charge in [-0.05, 0) is 18.2 Å². The van der Waals surface area contributed by atoms with E-state index in [0.717, 1.165) is 6.07 Å². The van der Waals surface area contributed by atoms with E-state index in [1.165, 1.54) is 23.2 Å². The number of β-amino-alcohol motifs (C(OH)–C–C–N with tert-alkyl or cyclic N) is 1. The molecule has 0 spiro atoms. The molecule has 1 amide bonds. The van der Waals surface area contributed by atoms with E-state index < -0.39 is 18.0 Å². The van der Waals surface area contributed by atoms with E-state index in [9.17, 15) is 14.3 Å². The molecule has 24 heavy (non-hydrogen) atoms. The van der Waals surface area contributed by atoms with Crippen molar-refractivity contribution in [3.8, 4) is 11.8 Å². The maximum absolute atomic E-state index is 13.4. The van der Waals surface area contributed by atoms with Gasteiger partial charge in [-0.1, -0.05) is 0 Å². The smallest absolute Gasteiger partial charge is 0.254 e. The first-order valence-electron chi connectivity index (χ1n) is 7.30. The second-order valence-corrected chi connectivity index (χ2v) is 5.59. The van der Waals surface area contributed by atoms with Gasteiger partial charge in [0.2, 0.25) is 0 Å². The zero-order chi connectivity index (χ0) is 17.3. The Morgan fingerprint density at radius 3 is 2.96 bits per heavy atom. The van der Waals surface area contributed by atoms with Gasteiger partial charge >= 0.3 is 0 Å². The van der Waals surface area contributed by atoms with Crippen LogP contribution in [0.25, 0.3) is 0 Å². The number of hydrogen-bond donors (Lipinski definition) is 1. The fourth-order valence-electron chi connectivity index (χ4n) is 2.60. The molecule has 1 aromatic heterocycles. The SMILES string of the molecule is Cn1cc(O[C@@H]2CN(C(=O)c3ccc(F)c(C#N)c3)C[C@H]2O)cn1. The number of aromatic nitrogens is 2. The van der Waals surface area contributed by atoms with Crippen LogP contribution >= 0.6 is 0 Å². The Hall–Kier alpha value is -2.92. The van der Waals surface area contributed by atoms with Crippen molar-refractivity contribution in [2.24, 2.45) is 7.05 Å². The van der Waals surface area contributed by atoms with E-state index in [1.54, 1.807) is 24.0 Å². The van der Waals surface area contributed by atoms with E-state index in [-0.39, 0.29) is 30.1 Å². The second-order valence-electron chi connectivity index (χ2n) is 5.59. The van der Waals surface area contributed by atoms with Gasteiger partial charge in [0.15, 0.2) is 5.75 Å². The molecular weight excluding hydrogens is 315 g/mol. The highest BCUT2D eigenvalue weighted by molar-refractivity contribution is 5.94. The third-order valence-corrected chi connectivity index (χ3v) is 3.83. The second kappa shape index (κ2) is 6.29. The first-order chi connectivity index (χ1) is 11.5. The minimum Gasteiger partial charge on any atom is -0.482 e. The summed E-state index contributed by atoms with van der Waals surface area (Å²) < 4.78 is 20.6. The van der Waals surface area contributed by atoms with Crippen LogP contribution in [-0.4, -0.2) is 51.0 Å². The molecule has 1 aliphatic rings. The molecular formula is C16H15FN4O3. The summed E-state index contributed by atoms with van der Waals surface area (Å²) in [5.74, 6) is -0.555. The average Bonchev–Trinajstić information content (AvgIpc) is 3.14. The Morgan fingerprint density at radius 1 is 1.50 bits per heavy atom. The monoisotopic (exact) mass is 330 g/mol. The van der Waals surface area contributed by atoms with Gasteiger partial charge in [0, 0.05) is 12.6 Å². The van der Waals surface area contributed by atoms with E-state index in [2.05, 4.69) is 5.10 Å². The van der Waals surface area contributed by atoms with Gasteiger partial charge in [0.25, 0.3) is 5.91 Å². The number of amides is 1. The molecule has 124 valence electrons. The number of benzene rings is 1. The molecule has 1 aromatic carbocycles. The number of carbonyl (C=O) groups excluding carboxylic acids is 1. The number of aliphatic hydroxyl groups excluding tert-OH is 1. The van der Waals surface area contributed by atoms with Gasteiger partial charge in [0.1, 0.15) is 24.1 Å². The summed E-state index contributed by atoms with van der Waals surface area (Å²) in [6.07, 6.45) is 1.77. The number of likely N-dealkylation sites (tertiary alicyclic amines) is 1. The average molecular weight is 330 g/mol. The van der Waals surface area contributed by atoms with Crippen LogP contribution in [0.3, 0.4) is 0 Å². The highest BCUT2D eigenvalue weighted by Gasteiger charge is 2.36. The van der Waals surface area contributed by atoms with Crippen molar-refractivity contribution in [2.45, 2.75) is 12.2 Å². The minimum absolute atomic E-state index is 0.100. The van der Waals surface area contributed by atoms with Crippen LogP contribution in [0.1, 0.15) is 15.9 Å². The van der Waals surface area contributed by atoms with Crippen molar-refractivity contribution in [2.75, 3.05) is 13.1 Å². The number of rotatable bonds is 3. The lowest BCUT2D eigenvalue weighted by atomic mass is 10.1. The van der Waals surface area contributed by atoms with Gasteiger partial charge in [-0.3, -0.25) is 9.48 Å². The molecule has 7 nitrogen and oxygen atoms in total. The number of nitriles is 1. The van der Waals surface area contributed by atoms with Crippen LogP contribution in [-0.2, 0) is 7.05 Å². The van der Waals surface area contributed by atoms with Crippen LogP contribution in [0.15, 0.2) is 30.6 Å². The van der Waals surface area contributed by atoms with Gasteiger partial charge < -0.3 is 14.7 Å². The number of carbonyl (C=O) groups is 1. The van der Waals surface area contributed by atoms with E-state index in [1.807, 2.05) is 0 Å². The molecule has 0 saturated carbocycles. The van der Waals surface area contributed by atoms with E-state index in [4.69, 9.17) is 10.00 Å². The Labute approximate surface area is 137 Å². The van der Waals surface area contributed by atoms with Crippen LogP contribution in [0, 0.1) is 17.1 Å². The molecule has 8 heteroatoms. The van der Waals surface area contributed by atoms with Gasteiger partial charge in [-0.15, -0.1) is 0 Å². The van der Waals surface area contributed by atoms with Crippen LogP contribution < -0.4 is 4.74 Å². The quantitative estimate of drug-likeness (QED) is 0.894. The fraction of sp³-hybridized carbons (Fsp3) is 0.312. The molecule has 0 aliphatic carbocycles. The summed E-state index contributed by atoms with van der Waals surface area (Å²) in [6, 6.07) is 5.32. The number of halogens is 1. The van der Waals surface area contributed by atoms with Gasteiger partial charge in [-0.25, -0.2) is 4.39 Å². The predicted octanol–water partition coefficient (Wildman–Crippen LogP) is 0.695. The normalized spacial score (nSPS) is 20.0. The lowest BCUT2D eigenvalue weighted by molar-refractivity contribution is 0.0729. The molecule has 1 fully saturated rings. The molecule has 0 bridgehead atoms. The molecule has 3 rings (SSSR count). The highest BCUT2D eigenvalue weighted by atomic mass is 19.1. The summed E-state index contributed by atoms with van der Waals surface area (Å²) >= 11 is 0. The lowest BCUT2D eigenvalue weighted by Gasteiger charge is -2.16. The topological polar surface area (TPSA) is 91.4 Å². The first-order valence-corrected chi connectivity index (χ1v) is 7.30. The summed E-state index contributed by atoms with van der Waals surface area (Å²) in [6.45, 7) is 0.289. The summed E-state index contributed by atoms with van der Waals surface area (Å²) in [5.41, 5.74) is 0.00549. The molecule has 1 saturated heterocycles. The standard InChI is InChI=1S/C16H15FN4O3/c1-20-7-12(6-19-20)24-15-9-21(8-14(15)22)16(23)10-2-3-13(17)11(4-10)5-18/h2-4,6-7,14-15,22H,8-9H2,1H3/t14-,15-/m1/s1. The Morgan fingerprint density at radius 2 is 2.29 bits per heavy atom. The largest absolute Gasteiger partial charge is 0.482 e. The summed E-state index contributed by atoms with van der Waals surface area (Å²) in [5, 5.41) is 22.9. The van der Waals surface area contributed by atoms with Crippen molar-refractivity contribution >= 4 is 5.91 Å². The number of nitrogens with zero attached hydrogens (tertiary/aromatic N) is 4. The Balaban J connectivity index is 1.72. The minimum atomic E-state index is -0.843. The molecule has 1 aliphatic heterocycles. The zero-order valence-electron chi connectivity index (χ0n) is 12.9. The first kappa shape index (κ1) is 16.0. The predicted molar refractivity (Wildman–Crippen MR) is 80.6 cm³/mol. The fourth-order valence-corrected chi connectivity index (χ4v) is 2.60. The van der Waals surface area contributed by atoms with Crippen molar-refractivity contribution in [1.29, 1.82) is 5.26 Å². The molecule has 1 N–H and O–H groups in total. The lowest BCUT2D eigenvalue weighted by Crippen LogP contribution is -2.31. The van der Waals surface area contributed by atoms with Crippen molar-refractivity contribution in [1.82, 2.24) is 14.7 Å². The third kappa shape index (κ3) is 3.07. The molecule has 0 unspecified atom stereocenters. The summed E-state index contributed by atoms with van der Waals surface area (Å²) in [4.78, 5) is 13.9. The number of ether oxygens (including phenoxy) is 1. The molecule has 0 radical (unpaired) electrons. The van der Waals surface area contributed by atoms with E-state index in [0.29, 0.717) is 5.75 Å².